The Morgan fingerprint density at radius 3 is 2.24 bits per heavy atom. The molecule has 0 saturated carbocycles. The van der Waals surface area contributed by atoms with Crippen molar-refractivity contribution in [2.24, 2.45) is 5.73 Å². The van der Waals surface area contributed by atoms with E-state index in [0.29, 0.717) is 11.3 Å². The van der Waals surface area contributed by atoms with E-state index in [1.807, 2.05) is 0 Å². The van der Waals surface area contributed by atoms with Crippen LogP contribution >= 0.6 is 0 Å². The van der Waals surface area contributed by atoms with Gasteiger partial charge in [-0.25, -0.2) is 0 Å². The first-order valence-corrected chi connectivity index (χ1v) is 4.96. The zero-order chi connectivity index (χ0) is 12.5. The van der Waals surface area contributed by atoms with Crippen molar-refractivity contribution < 1.29 is 17.6 Å². The van der Waals surface area contributed by atoms with Crippen LogP contribution in [0.1, 0.15) is 11.3 Å². The van der Waals surface area contributed by atoms with Gasteiger partial charge in [0.15, 0.2) is 0 Å². The monoisotopic (exact) mass is 241 g/mol. The quantitative estimate of drug-likeness (QED) is 0.874. The molecule has 2 N–H and O–H groups in total. The number of hydrogen-bond donors (Lipinski definition) is 1. The molecule has 0 spiro atoms. The number of nitrogens with two attached hydrogens (primary N) is 1. The van der Waals surface area contributed by atoms with Gasteiger partial charge in [-0.2, -0.15) is 13.2 Å². The van der Waals surface area contributed by atoms with Crippen molar-refractivity contribution in [2.45, 2.75) is 12.7 Å². The van der Waals surface area contributed by atoms with E-state index in [1.54, 1.807) is 6.07 Å². The molecule has 0 aliphatic heterocycles. The molecule has 0 saturated heterocycles. The molecule has 0 aliphatic carbocycles. The summed E-state index contributed by atoms with van der Waals surface area (Å²) in [7, 11) is 0. The van der Waals surface area contributed by atoms with Gasteiger partial charge in [0, 0.05) is 5.56 Å². The van der Waals surface area contributed by atoms with E-state index in [0.717, 1.165) is 17.7 Å². The second kappa shape index (κ2) is 4.25. The number of alkyl halides is 3. The Bertz CT molecular complexity index is 499. The predicted molar refractivity (Wildman–Crippen MR) is 57.0 cm³/mol. The Morgan fingerprint density at radius 2 is 1.71 bits per heavy atom. The predicted octanol–water partition coefficient (Wildman–Crippen LogP) is 3.42. The lowest BCUT2D eigenvalue weighted by molar-refractivity contribution is -0.137. The molecule has 2 aromatic rings. The summed E-state index contributed by atoms with van der Waals surface area (Å²) in [5.74, 6) is 0.560. The molecule has 0 radical (unpaired) electrons. The molecular weight excluding hydrogens is 231 g/mol. The summed E-state index contributed by atoms with van der Waals surface area (Å²) in [4.78, 5) is 0. The maximum atomic E-state index is 12.4. The Hall–Kier alpha value is -1.75. The van der Waals surface area contributed by atoms with Crippen LogP contribution < -0.4 is 5.73 Å². The fourth-order valence-electron chi connectivity index (χ4n) is 1.59. The third-order valence-electron chi connectivity index (χ3n) is 2.45. The van der Waals surface area contributed by atoms with Gasteiger partial charge in [-0.3, -0.25) is 0 Å². The third kappa shape index (κ3) is 2.34. The smallest absolute Gasteiger partial charge is 0.416 e. The number of hydrogen-bond acceptors (Lipinski definition) is 2. The maximum Gasteiger partial charge on any atom is 0.416 e. The van der Waals surface area contributed by atoms with Crippen molar-refractivity contribution in [3.05, 3.63) is 47.9 Å². The zero-order valence-electron chi connectivity index (χ0n) is 8.79. The van der Waals surface area contributed by atoms with E-state index in [9.17, 15) is 13.2 Å². The number of rotatable bonds is 2. The topological polar surface area (TPSA) is 39.2 Å². The first kappa shape index (κ1) is 11.7. The van der Waals surface area contributed by atoms with Crippen molar-refractivity contribution in [1.29, 1.82) is 0 Å². The highest BCUT2D eigenvalue weighted by molar-refractivity contribution is 5.65. The second-order valence-electron chi connectivity index (χ2n) is 3.54. The lowest BCUT2D eigenvalue weighted by Crippen LogP contribution is -2.04. The van der Waals surface area contributed by atoms with Gasteiger partial charge < -0.3 is 10.2 Å². The Kier molecular flexibility index (Phi) is 2.93. The van der Waals surface area contributed by atoms with Crippen molar-refractivity contribution in [2.75, 3.05) is 0 Å². The van der Waals surface area contributed by atoms with E-state index in [4.69, 9.17) is 10.2 Å². The van der Waals surface area contributed by atoms with Gasteiger partial charge in [-0.1, -0.05) is 12.1 Å². The molecule has 2 rings (SSSR count). The summed E-state index contributed by atoms with van der Waals surface area (Å²) in [6, 6.07) is 6.59. The van der Waals surface area contributed by atoms with Gasteiger partial charge in [0.25, 0.3) is 0 Å². The highest BCUT2D eigenvalue weighted by atomic mass is 19.4. The fraction of sp³-hybridized carbons (Fsp3) is 0.167. The number of furan rings is 1. The average molecular weight is 241 g/mol. The minimum atomic E-state index is -4.31. The van der Waals surface area contributed by atoms with Gasteiger partial charge in [-0.15, -0.1) is 0 Å². The van der Waals surface area contributed by atoms with Crippen LogP contribution in [0.15, 0.2) is 41.0 Å². The standard InChI is InChI=1S/C12H10F3NO/c13-12(14,15)9-3-1-8(2-4-9)10-5-6-17-11(10)7-16/h1-6H,7,16H2. The highest BCUT2D eigenvalue weighted by Crippen LogP contribution is 2.31. The summed E-state index contributed by atoms with van der Waals surface area (Å²) in [5.41, 5.74) is 6.17. The van der Waals surface area contributed by atoms with E-state index in [1.165, 1.54) is 18.4 Å². The third-order valence-corrected chi connectivity index (χ3v) is 2.45. The van der Waals surface area contributed by atoms with Gasteiger partial charge in [0.2, 0.25) is 0 Å². The van der Waals surface area contributed by atoms with E-state index < -0.39 is 11.7 Å². The van der Waals surface area contributed by atoms with E-state index >= 15 is 0 Å². The van der Waals surface area contributed by atoms with Crippen molar-refractivity contribution in [3.8, 4) is 11.1 Å². The van der Waals surface area contributed by atoms with Gasteiger partial charge in [0.05, 0.1) is 18.4 Å². The van der Waals surface area contributed by atoms with Crippen LogP contribution in [0.4, 0.5) is 13.2 Å². The van der Waals surface area contributed by atoms with Crippen molar-refractivity contribution >= 4 is 0 Å². The minimum absolute atomic E-state index is 0.212. The lowest BCUT2D eigenvalue weighted by Gasteiger charge is -2.07. The summed E-state index contributed by atoms with van der Waals surface area (Å²) < 4.78 is 42.2. The SMILES string of the molecule is NCc1occc1-c1ccc(C(F)(F)F)cc1. The maximum absolute atomic E-state index is 12.4. The van der Waals surface area contributed by atoms with Gasteiger partial charge in [0.1, 0.15) is 5.76 Å². The molecule has 5 heteroatoms. The Morgan fingerprint density at radius 1 is 1.06 bits per heavy atom. The molecule has 1 heterocycles. The lowest BCUT2D eigenvalue weighted by atomic mass is 10.0. The van der Waals surface area contributed by atoms with Crippen LogP contribution in [0, 0.1) is 0 Å². The van der Waals surface area contributed by atoms with Crippen LogP contribution in [0.2, 0.25) is 0 Å². The van der Waals surface area contributed by atoms with Crippen LogP contribution in [0.5, 0.6) is 0 Å². The molecule has 0 aliphatic rings. The molecule has 1 aromatic carbocycles. The number of halogens is 3. The van der Waals surface area contributed by atoms with E-state index in [-0.39, 0.29) is 6.54 Å². The number of benzene rings is 1. The van der Waals surface area contributed by atoms with Crippen molar-refractivity contribution in [3.63, 3.8) is 0 Å². The normalized spacial score (nSPS) is 11.8. The summed E-state index contributed by atoms with van der Waals surface area (Å²) >= 11 is 0. The largest absolute Gasteiger partial charge is 0.467 e. The molecule has 2 nitrogen and oxygen atoms in total. The summed E-state index contributed by atoms with van der Waals surface area (Å²) in [5, 5.41) is 0. The van der Waals surface area contributed by atoms with Gasteiger partial charge >= 0.3 is 6.18 Å². The molecule has 0 atom stereocenters. The average Bonchev–Trinajstić information content (AvgIpc) is 2.76. The second-order valence-corrected chi connectivity index (χ2v) is 3.54. The molecule has 0 bridgehead atoms. The van der Waals surface area contributed by atoms with E-state index in [2.05, 4.69) is 0 Å². The molecule has 0 fully saturated rings. The highest BCUT2D eigenvalue weighted by Gasteiger charge is 2.30. The first-order chi connectivity index (χ1) is 8.02. The van der Waals surface area contributed by atoms with Crippen LogP contribution in [-0.2, 0) is 12.7 Å². The molecule has 0 unspecified atom stereocenters. The zero-order valence-corrected chi connectivity index (χ0v) is 8.79. The summed E-state index contributed by atoms with van der Waals surface area (Å²) in [6.45, 7) is 0.212. The summed E-state index contributed by atoms with van der Waals surface area (Å²) in [6.07, 6.45) is -2.85. The fourth-order valence-corrected chi connectivity index (χ4v) is 1.59. The molecule has 90 valence electrons. The van der Waals surface area contributed by atoms with Crippen molar-refractivity contribution in [1.82, 2.24) is 0 Å². The minimum Gasteiger partial charge on any atom is -0.467 e. The van der Waals surface area contributed by atoms with Gasteiger partial charge in [-0.05, 0) is 23.8 Å². The molecule has 17 heavy (non-hydrogen) atoms. The molecular formula is C12H10F3NO. The molecule has 1 aromatic heterocycles. The van der Waals surface area contributed by atoms with Crippen LogP contribution in [0.3, 0.4) is 0 Å². The van der Waals surface area contributed by atoms with Crippen LogP contribution in [0.25, 0.3) is 11.1 Å². The van der Waals surface area contributed by atoms with Crippen LogP contribution in [-0.4, -0.2) is 0 Å². The Labute approximate surface area is 95.8 Å². The molecule has 0 amide bonds. The Balaban J connectivity index is 2.36. The first-order valence-electron chi connectivity index (χ1n) is 4.96.